The molecule has 0 fully saturated rings. The van der Waals surface area contributed by atoms with E-state index in [0.717, 1.165) is 0 Å². The first-order valence-electron chi connectivity index (χ1n) is 15.2. The second-order valence-corrected chi connectivity index (χ2v) is 12.2. The molecule has 1 aromatic heterocycles. The maximum absolute atomic E-state index is 2.64. The average Bonchev–Trinajstić information content (AvgIpc) is 3.39. The smallest absolute Gasteiger partial charge is 0.333 e. The molecule has 3 heterocycles. The molecule has 2 aliphatic heterocycles. The topological polar surface area (TPSA) is 8.17 Å². The van der Waals surface area contributed by atoms with Crippen LogP contribution < -0.4 is 15.8 Å². The number of fused-ring (bicyclic) bond motifs is 9. The van der Waals surface area contributed by atoms with Gasteiger partial charge in [-0.15, -0.1) is 0 Å². The molecule has 2 aliphatic rings. The highest BCUT2D eigenvalue weighted by molar-refractivity contribution is 6.90. The molecule has 43 heavy (non-hydrogen) atoms. The maximum Gasteiger partial charge on any atom is 0.333 e. The molecule has 0 N–H and O–H groups in total. The molecule has 8 aromatic rings. The first-order chi connectivity index (χ1) is 21.2. The zero-order valence-electron chi connectivity index (χ0n) is 24.1. The number of hydrogen-bond donors (Lipinski definition) is 0. The predicted octanol–water partition coefficient (Wildman–Crippen LogP) is 9.14. The van der Waals surface area contributed by atoms with Gasteiger partial charge in [0.25, 0.3) is 0 Å². The summed E-state index contributed by atoms with van der Waals surface area (Å²) in [5, 5.41) is 7.83. The van der Waals surface area contributed by atoms with Crippen molar-refractivity contribution < 1.29 is 0 Å². The fraction of sp³-hybridized carbons (Fsp3) is 0.0500. The van der Waals surface area contributed by atoms with Gasteiger partial charge in [0.05, 0.1) is 0 Å². The SMILES string of the molecule is Cc1c(N2c3cccc4c3B(c3cc5ccccc5c(C)c32)n2c3ccccc3c3cccc-4c32)ccc2ccccc12. The van der Waals surface area contributed by atoms with Gasteiger partial charge in [-0.25, -0.2) is 0 Å². The van der Waals surface area contributed by atoms with E-state index in [1.807, 2.05) is 0 Å². The Hall–Kier alpha value is -5.28. The lowest BCUT2D eigenvalue weighted by Crippen LogP contribution is -2.57. The number of aryl methyl sites for hydroxylation is 2. The van der Waals surface area contributed by atoms with Crippen LogP contribution in [0.2, 0.25) is 0 Å². The van der Waals surface area contributed by atoms with Crippen LogP contribution >= 0.6 is 0 Å². The van der Waals surface area contributed by atoms with Crippen LogP contribution in [0.1, 0.15) is 11.1 Å². The van der Waals surface area contributed by atoms with Gasteiger partial charge in [0.15, 0.2) is 0 Å². The van der Waals surface area contributed by atoms with Crippen LogP contribution in [-0.2, 0) is 0 Å². The normalized spacial score (nSPS) is 13.3. The summed E-state index contributed by atoms with van der Waals surface area (Å²) in [5.41, 5.74) is 14.5. The molecular weight excluding hydrogens is 519 g/mol. The maximum atomic E-state index is 2.64. The summed E-state index contributed by atoms with van der Waals surface area (Å²) >= 11 is 0. The fourth-order valence-corrected chi connectivity index (χ4v) is 8.31. The number of anilines is 3. The summed E-state index contributed by atoms with van der Waals surface area (Å²) in [5.74, 6) is 0. The van der Waals surface area contributed by atoms with Gasteiger partial charge in [-0.1, -0.05) is 109 Å². The van der Waals surface area contributed by atoms with Crippen LogP contribution in [0.25, 0.3) is 54.5 Å². The van der Waals surface area contributed by atoms with E-state index >= 15 is 0 Å². The lowest BCUT2D eigenvalue weighted by molar-refractivity contribution is 1.23. The van der Waals surface area contributed by atoms with Gasteiger partial charge in [0.1, 0.15) is 0 Å². The molecular formula is C40H27BN2. The molecule has 2 nitrogen and oxygen atoms in total. The molecule has 200 valence electrons. The van der Waals surface area contributed by atoms with Crippen molar-refractivity contribution in [2.45, 2.75) is 13.8 Å². The van der Waals surface area contributed by atoms with E-state index in [1.165, 1.54) is 93.6 Å². The van der Waals surface area contributed by atoms with Gasteiger partial charge in [-0.05, 0) is 81.2 Å². The van der Waals surface area contributed by atoms with Crippen LogP contribution in [0.15, 0.2) is 127 Å². The van der Waals surface area contributed by atoms with Gasteiger partial charge in [0.2, 0.25) is 0 Å². The van der Waals surface area contributed by atoms with E-state index in [1.54, 1.807) is 0 Å². The number of para-hydroxylation sites is 2. The van der Waals surface area contributed by atoms with Crippen molar-refractivity contribution in [3.63, 3.8) is 0 Å². The number of rotatable bonds is 1. The molecule has 0 saturated heterocycles. The van der Waals surface area contributed by atoms with E-state index in [4.69, 9.17) is 0 Å². The van der Waals surface area contributed by atoms with Crippen LogP contribution in [0.4, 0.5) is 17.1 Å². The molecule has 7 aromatic carbocycles. The monoisotopic (exact) mass is 546 g/mol. The Bertz CT molecular complexity index is 2500. The quantitative estimate of drug-likeness (QED) is 0.187. The molecule has 0 atom stereocenters. The summed E-state index contributed by atoms with van der Waals surface area (Å²) in [7, 11) is 0. The second-order valence-electron chi connectivity index (χ2n) is 12.2. The zero-order chi connectivity index (χ0) is 28.4. The summed E-state index contributed by atoms with van der Waals surface area (Å²) < 4.78 is 2.64. The molecule has 0 radical (unpaired) electrons. The summed E-state index contributed by atoms with van der Waals surface area (Å²) in [4.78, 5) is 2.57. The Labute approximate surface area is 250 Å². The third kappa shape index (κ3) is 2.85. The number of aromatic nitrogens is 1. The standard InChI is InChI=1S/C40H27BN2/c1-24-28-13-5-3-11-26(28)21-22-35(24)42-37-20-10-16-31-33-18-9-17-32-30-15-7-8-19-36(30)43(40(32)33)41(38(31)37)34-23-27-12-4-6-14-29(27)25(2)39(34)42/h3-23H,1-2H3. The van der Waals surface area contributed by atoms with Gasteiger partial charge in [-0.2, -0.15) is 0 Å². The fourth-order valence-electron chi connectivity index (χ4n) is 8.31. The average molecular weight is 546 g/mol. The van der Waals surface area contributed by atoms with Crippen LogP contribution in [-0.4, -0.2) is 11.3 Å². The number of nitrogens with zero attached hydrogens (tertiary/aromatic N) is 2. The lowest BCUT2D eigenvalue weighted by atomic mass is 9.44. The minimum Gasteiger partial charge on any atom is -0.375 e. The first-order valence-corrected chi connectivity index (χ1v) is 15.2. The minimum absolute atomic E-state index is 0.0684. The highest BCUT2D eigenvalue weighted by Crippen LogP contribution is 2.47. The Morgan fingerprint density at radius 3 is 2.05 bits per heavy atom. The largest absolute Gasteiger partial charge is 0.375 e. The predicted molar refractivity (Wildman–Crippen MR) is 184 cm³/mol. The van der Waals surface area contributed by atoms with Crippen molar-refractivity contribution in [2.75, 3.05) is 4.90 Å². The zero-order valence-corrected chi connectivity index (χ0v) is 24.1. The van der Waals surface area contributed by atoms with Crippen LogP contribution in [0.5, 0.6) is 0 Å². The number of benzene rings is 7. The van der Waals surface area contributed by atoms with E-state index < -0.39 is 0 Å². The lowest BCUT2D eigenvalue weighted by Gasteiger charge is -2.42. The summed E-state index contributed by atoms with van der Waals surface area (Å²) in [6.45, 7) is 4.67. The van der Waals surface area contributed by atoms with Crippen molar-refractivity contribution in [3.8, 4) is 11.1 Å². The Morgan fingerprint density at radius 2 is 1.19 bits per heavy atom. The summed E-state index contributed by atoms with van der Waals surface area (Å²) in [6, 6.07) is 47.5. The van der Waals surface area contributed by atoms with Crippen molar-refractivity contribution in [3.05, 3.63) is 139 Å². The molecule has 0 bridgehead atoms. The molecule has 0 aliphatic carbocycles. The second kappa shape index (κ2) is 8.17. The molecule has 10 rings (SSSR count). The Balaban J connectivity index is 1.41. The van der Waals surface area contributed by atoms with Crippen molar-refractivity contribution >= 4 is 78.2 Å². The van der Waals surface area contributed by atoms with Crippen molar-refractivity contribution in [2.24, 2.45) is 0 Å². The summed E-state index contributed by atoms with van der Waals surface area (Å²) in [6.07, 6.45) is 0. The third-order valence-corrected chi connectivity index (χ3v) is 10.1. The van der Waals surface area contributed by atoms with E-state index in [0.29, 0.717) is 0 Å². The molecule has 0 saturated carbocycles. The third-order valence-electron chi connectivity index (χ3n) is 10.1. The van der Waals surface area contributed by atoms with Gasteiger partial charge in [0, 0.05) is 44.4 Å². The Kier molecular flexibility index (Phi) is 4.43. The van der Waals surface area contributed by atoms with Gasteiger partial charge >= 0.3 is 6.85 Å². The minimum atomic E-state index is 0.0684. The Morgan fingerprint density at radius 1 is 0.512 bits per heavy atom. The molecule has 3 heteroatoms. The highest BCUT2D eigenvalue weighted by atomic mass is 15.2. The van der Waals surface area contributed by atoms with Crippen LogP contribution in [0, 0.1) is 13.8 Å². The molecule has 0 unspecified atom stereocenters. The van der Waals surface area contributed by atoms with E-state index in [2.05, 4.69) is 151 Å². The van der Waals surface area contributed by atoms with E-state index in [9.17, 15) is 0 Å². The molecule has 0 spiro atoms. The van der Waals surface area contributed by atoms with Crippen molar-refractivity contribution in [1.29, 1.82) is 0 Å². The first kappa shape index (κ1) is 23.3. The molecule has 0 amide bonds. The van der Waals surface area contributed by atoms with Gasteiger partial charge < -0.3 is 9.38 Å². The van der Waals surface area contributed by atoms with Crippen molar-refractivity contribution in [1.82, 2.24) is 4.48 Å². The number of hydrogen-bond acceptors (Lipinski definition) is 1. The van der Waals surface area contributed by atoms with Crippen LogP contribution in [0.3, 0.4) is 0 Å². The highest BCUT2D eigenvalue weighted by Gasteiger charge is 2.43. The van der Waals surface area contributed by atoms with E-state index in [-0.39, 0.29) is 6.85 Å². The van der Waals surface area contributed by atoms with Gasteiger partial charge in [-0.3, -0.25) is 0 Å².